The summed E-state index contributed by atoms with van der Waals surface area (Å²) < 4.78 is 0. The zero-order valence-electron chi connectivity index (χ0n) is 12.0. The van der Waals surface area contributed by atoms with E-state index in [2.05, 4.69) is 21.4 Å². The van der Waals surface area contributed by atoms with E-state index >= 15 is 0 Å². The summed E-state index contributed by atoms with van der Waals surface area (Å²) in [4.78, 5) is 24.4. The molecule has 1 rings (SSSR count). The highest BCUT2D eigenvalue weighted by molar-refractivity contribution is 9.09. The minimum Gasteiger partial charge on any atom is -0.273 e. The average molecular weight is 396 g/mol. The van der Waals surface area contributed by atoms with E-state index in [9.17, 15) is 9.59 Å². The molecule has 7 heteroatoms. The fourth-order valence-corrected chi connectivity index (χ4v) is 2.48. The Kier molecular flexibility index (Phi) is 6.50. The van der Waals surface area contributed by atoms with Gasteiger partial charge >= 0.3 is 0 Å². The summed E-state index contributed by atoms with van der Waals surface area (Å²) in [5, 5.41) is 2.55. The molecule has 116 valence electrons. The molecule has 0 spiro atoms. The van der Waals surface area contributed by atoms with Gasteiger partial charge in [-0.15, -0.1) is 0 Å². The Balaban J connectivity index is 3.08. The van der Waals surface area contributed by atoms with Crippen molar-refractivity contribution in [3.05, 3.63) is 33.8 Å². The molecule has 4 nitrogen and oxygen atoms in total. The van der Waals surface area contributed by atoms with Gasteiger partial charge in [0, 0.05) is 27.4 Å². The molecule has 21 heavy (non-hydrogen) atoms. The van der Waals surface area contributed by atoms with Crippen molar-refractivity contribution in [1.82, 2.24) is 10.4 Å². The van der Waals surface area contributed by atoms with E-state index in [1.807, 2.05) is 20.8 Å². The Morgan fingerprint density at radius 3 is 2.14 bits per heavy atom. The first-order chi connectivity index (χ1) is 9.65. The molecule has 0 saturated carbocycles. The van der Waals surface area contributed by atoms with E-state index in [4.69, 9.17) is 23.2 Å². The molecule has 0 fully saturated rings. The topological polar surface area (TPSA) is 49.4 Å². The lowest BCUT2D eigenvalue weighted by atomic mass is 10.1. The predicted molar refractivity (Wildman–Crippen MR) is 88.9 cm³/mol. The number of nitrogens with one attached hydrogen (secondary N) is 1. The molecule has 0 aliphatic rings. The van der Waals surface area contributed by atoms with Crippen molar-refractivity contribution in [2.45, 2.75) is 32.7 Å². The van der Waals surface area contributed by atoms with Crippen LogP contribution >= 0.6 is 39.1 Å². The summed E-state index contributed by atoms with van der Waals surface area (Å²) in [6.07, 6.45) is 0.274. The Morgan fingerprint density at radius 2 is 1.71 bits per heavy atom. The quantitative estimate of drug-likeness (QED) is 0.619. The highest BCUT2D eigenvalue weighted by Crippen LogP contribution is 2.22. The molecule has 1 aromatic rings. The van der Waals surface area contributed by atoms with Crippen LogP contribution in [0.4, 0.5) is 0 Å². The van der Waals surface area contributed by atoms with Crippen LogP contribution in [0.2, 0.25) is 10.0 Å². The highest BCUT2D eigenvalue weighted by Gasteiger charge is 2.29. The van der Waals surface area contributed by atoms with Crippen LogP contribution in [-0.4, -0.2) is 27.7 Å². The van der Waals surface area contributed by atoms with Crippen LogP contribution in [0, 0.1) is 0 Å². The molecule has 0 aliphatic heterocycles. The molecule has 0 saturated heterocycles. The maximum Gasteiger partial charge on any atom is 0.272 e. The van der Waals surface area contributed by atoms with Gasteiger partial charge in [-0.25, -0.2) is 5.01 Å². The van der Waals surface area contributed by atoms with Gasteiger partial charge in [0.25, 0.3) is 5.91 Å². The zero-order valence-corrected chi connectivity index (χ0v) is 15.1. The number of carbonyl (C=O) groups is 2. The molecule has 1 aromatic carbocycles. The fourth-order valence-electron chi connectivity index (χ4n) is 1.60. The molecular formula is C14H17BrCl2N2O2. The van der Waals surface area contributed by atoms with Gasteiger partial charge < -0.3 is 0 Å². The number of carbonyl (C=O) groups excluding carboxylic acids is 2. The standard InChI is InChI=1S/C14H17BrCl2N2O2/c1-14(2,3)19(18-12(20)4-5-15)13(21)9-6-10(16)8-11(17)7-9/h6-8H,4-5H2,1-3H3,(H,18,20). The Labute approximate surface area is 142 Å². The lowest BCUT2D eigenvalue weighted by molar-refractivity contribution is -0.126. The number of hydrogen-bond acceptors (Lipinski definition) is 2. The second kappa shape index (κ2) is 7.47. The van der Waals surface area contributed by atoms with Gasteiger partial charge in [-0.05, 0) is 39.0 Å². The maximum absolute atomic E-state index is 12.6. The van der Waals surface area contributed by atoms with Gasteiger partial charge in [-0.2, -0.15) is 0 Å². The largest absolute Gasteiger partial charge is 0.273 e. The number of hydrazine groups is 1. The van der Waals surface area contributed by atoms with E-state index in [0.29, 0.717) is 20.9 Å². The normalized spacial score (nSPS) is 11.1. The van der Waals surface area contributed by atoms with Gasteiger partial charge in [0.1, 0.15) is 0 Å². The third-order valence-corrected chi connectivity index (χ3v) is 3.37. The lowest BCUT2D eigenvalue weighted by Gasteiger charge is -2.35. The number of hydrogen-bond donors (Lipinski definition) is 1. The molecular weight excluding hydrogens is 379 g/mol. The first-order valence-corrected chi connectivity index (χ1v) is 8.19. The minimum atomic E-state index is -0.589. The highest BCUT2D eigenvalue weighted by atomic mass is 79.9. The summed E-state index contributed by atoms with van der Waals surface area (Å²) in [6.45, 7) is 5.47. The number of benzene rings is 1. The lowest BCUT2D eigenvalue weighted by Crippen LogP contribution is -2.55. The Bertz CT molecular complexity index is 524. The van der Waals surface area contributed by atoms with Gasteiger partial charge in [-0.1, -0.05) is 39.1 Å². The van der Waals surface area contributed by atoms with E-state index in [0.717, 1.165) is 0 Å². The number of alkyl halides is 1. The number of nitrogens with zero attached hydrogens (tertiary/aromatic N) is 1. The number of halogens is 3. The van der Waals surface area contributed by atoms with Crippen LogP contribution in [0.5, 0.6) is 0 Å². The summed E-state index contributed by atoms with van der Waals surface area (Å²) >= 11 is 15.0. The van der Waals surface area contributed by atoms with Gasteiger partial charge in [-0.3, -0.25) is 15.0 Å². The summed E-state index contributed by atoms with van der Waals surface area (Å²) in [6, 6.07) is 4.58. The molecule has 0 bridgehead atoms. The summed E-state index contributed by atoms with van der Waals surface area (Å²) in [5.41, 5.74) is 2.36. The minimum absolute atomic E-state index is 0.247. The Hall–Kier alpha value is -0.780. The van der Waals surface area contributed by atoms with Crippen molar-refractivity contribution >= 4 is 50.9 Å². The van der Waals surface area contributed by atoms with Crippen LogP contribution in [0.3, 0.4) is 0 Å². The first-order valence-electron chi connectivity index (χ1n) is 6.31. The maximum atomic E-state index is 12.6. The second-order valence-corrected chi connectivity index (χ2v) is 7.11. The second-order valence-electron chi connectivity index (χ2n) is 5.44. The van der Waals surface area contributed by atoms with Gasteiger partial charge in [0.15, 0.2) is 0 Å². The molecule has 0 unspecified atom stereocenters. The molecule has 0 atom stereocenters. The third-order valence-electron chi connectivity index (χ3n) is 2.54. The third kappa shape index (κ3) is 5.49. The molecule has 0 aromatic heterocycles. The molecule has 0 heterocycles. The SMILES string of the molecule is CC(C)(C)N(NC(=O)CCBr)C(=O)c1cc(Cl)cc(Cl)c1. The van der Waals surface area contributed by atoms with Crippen LogP contribution in [0.15, 0.2) is 18.2 Å². The van der Waals surface area contributed by atoms with Crippen molar-refractivity contribution in [3.8, 4) is 0 Å². The predicted octanol–water partition coefficient (Wildman–Crippen LogP) is 4.05. The average Bonchev–Trinajstić information content (AvgIpc) is 2.33. The number of rotatable bonds is 3. The summed E-state index contributed by atoms with van der Waals surface area (Å²) in [5.74, 6) is -0.613. The Morgan fingerprint density at radius 1 is 1.19 bits per heavy atom. The van der Waals surface area contributed by atoms with Gasteiger partial charge in [0.05, 0.1) is 5.54 Å². The van der Waals surface area contributed by atoms with E-state index < -0.39 is 5.54 Å². The van der Waals surface area contributed by atoms with Crippen molar-refractivity contribution < 1.29 is 9.59 Å². The van der Waals surface area contributed by atoms with Crippen molar-refractivity contribution in [1.29, 1.82) is 0 Å². The van der Waals surface area contributed by atoms with Crippen molar-refractivity contribution in [3.63, 3.8) is 0 Å². The zero-order chi connectivity index (χ0) is 16.2. The fraction of sp³-hybridized carbons (Fsp3) is 0.429. The first kappa shape index (κ1) is 18.3. The van der Waals surface area contributed by atoms with Crippen molar-refractivity contribution in [2.75, 3.05) is 5.33 Å². The molecule has 0 radical (unpaired) electrons. The molecule has 0 aliphatic carbocycles. The van der Waals surface area contributed by atoms with E-state index in [1.165, 1.54) is 17.1 Å². The monoisotopic (exact) mass is 394 g/mol. The van der Waals surface area contributed by atoms with E-state index in [-0.39, 0.29) is 18.2 Å². The van der Waals surface area contributed by atoms with Crippen LogP contribution < -0.4 is 5.43 Å². The van der Waals surface area contributed by atoms with Crippen LogP contribution in [0.25, 0.3) is 0 Å². The summed E-state index contributed by atoms with van der Waals surface area (Å²) in [7, 11) is 0. The molecule has 1 N–H and O–H groups in total. The van der Waals surface area contributed by atoms with E-state index in [1.54, 1.807) is 6.07 Å². The van der Waals surface area contributed by atoms with Crippen LogP contribution in [-0.2, 0) is 4.79 Å². The smallest absolute Gasteiger partial charge is 0.272 e. The van der Waals surface area contributed by atoms with Crippen molar-refractivity contribution in [2.24, 2.45) is 0 Å². The number of amides is 2. The van der Waals surface area contributed by atoms with Gasteiger partial charge in [0.2, 0.25) is 5.91 Å². The van der Waals surface area contributed by atoms with Crippen LogP contribution in [0.1, 0.15) is 37.6 Å². The molecule has 2 amide bonds.